The summed E-state index contributed by atoms with van der Waals surface area (Å²) in [6, 6.07) is 6.54. The maximum absolute atomic E-state index is 12.9. The van der Waals surface area contributed by atoms with E-state index in [1.165, 1.54) is 24.0 Å². The molecule has 5 nitrogen and oxygen atoms in total. The molecule has 26 heavy (non-hydrogen) atoms. The van der Waals surface area contributed by atoms with Crippen molar-refractivity contribution in [1.29, 1.82) is 0 Å². The molecule has 2 N–H and O–H groups in total. The Hall–Kier alpha value is -1.88. The predicted octanol–water partition coefficient (Wildman–Crippen LogP) is 2.12. The highest BCUT2D eigenvalue weighted by Gasteiger charge is 2.36. The van der Waals surface area contributed by atoms with Gasteiger partial charge in [0.2, 0.25) is 5.91 Å². The Morgan fingerprint density at radius 1 is 0.923 bits per heavy atom. The third-order valence-electron chi connectivity index (χ3n) is 6.44. The summed E-state index contributed by atoms with van der Waals surface area (Å²) in [5.74, 6) is -0.0419. The van der Waals surface area contributed by atoms with Crippen LogP contribution in [0.5, 0.6) is 0 Å². The number of hydrogen-bond donors (Lipinski definition) is 1. The van der Waals surface area contributed by atoms with Crippen LogP contribution in [0.25, 0.3) is 0 Å². The van der Waals surface area contributed by atoms with Gasteiger partial charge in [-0.3, -0.25) is 14.5 Å². The summed E-state index contributed by atoms with van der Waals surface area (Å²) in [4.78, 5) is 28.8. The highest BCUT2D eigenvalue weighted by atomic mass is 16.2. The molecule has 3 aliphatic rings. The van der Waals surface area contributed by atoms with Crippen molar-refractivity contribution in [2.45, 2.75) is 63.5 Å². The second-order valence-corrected chi connectivity index (χ2v) is 8.01. The normalized spacial score (nSPS) is 24.5. The number of nitrogens with zero attached hydrogens (tertiary/aromatic N) is 2. The minimum Gasteiger partial charge on any atom is -0.368 e. The van der Waals surface area contributed by atoms with Crippen LogP contribution in [0.3, 0.4) is 0 Å². The highest BCUT2D eigenvalue weighted by Crippen LogP contribution is 2.27. The molecule has 2 fully saturated rings. The maximum atomic E-state index is 12.9. The molecule has 0 saturated carbocycles. The van der Waals surface area contributed by atoms with Gasteiger partial charge in [-0.2, -0.15) is 0 Å². The molecule has 1 aromatic carbocycles. The fraction of sp³-hybridized carbons (Fsp3) is 0.619. The van der Waals surface area contributed by atoms with Gasteiger partial charge in [-0.1, -0.05) is 6.07 Å². The lowest BCUT2D eigenvalue weighted by Gasteiger charge is -2.38. The van der Waals surface area contributed by atoms with Gasteiger partial charge >= 0.3 is 0 Å². The van der Waals surface area contributed by atoms with E-state index in [0.29, 0.717) is 6.04 Å². The molecular formula is C21H29N3O2. The zero-order valence-electron chi connectivity index (χ0n) is 15.5. The van der Waals surface area contributed by atoms with Crippen molar-refractivity contribution in [2.24, 2.45) is 5.73 Å². The standard InChI is InChI=1S/C21H29N3O2/c22-20(25)19-6-3-11-24(19)18-9-12-23(13-10-18)21(26)17-8-7-15-4-1-2-5-16(15)14-17/h7-8,14,18-19H,1-6,9-13H2,(H2,22,25). The van der Waals surface area contributed by atoms with Gasteiger partial charge < -0.3 is 10.6 Å². The average Bonchev–Trinajstić information content (AvgIpc) is 3.17. The van der Waals surface area contributed by atoms with Crippen molar-refractivity contribution < 1.29 is 9.59 Å². The molecule has 4 rings (SSSR count). The lowest BCUT2D eigenvalue weighted by atomic mass is 9.90. The number of fused-ring (bicyclic) bond motifs is 1. The van der Waals surface area contributed by atoms with Gasteiger partial charge in [-0.25, -0.2) is 0 Å². The van der Waals surface area contributed by atoms with E-state index in [-0.39, 0.29) is 17.9 Å². The molecule has 5 heteroatoms. The van der Waals surface area contributed by atoms with Crippen molar-refractivity contribution in [2.75, 3.05) is 19.6 Å². The van der Waals surface area contributed by atoms with Crippen molar-refractivity contribution >= 4 is 11.8 Å². The Morgan fingerprint density at radius 2 is 1.65 bits per heavy atom. The number of primary amides is 1. The van der Waals surface area contributed by atoms with Gasteiger partial charge in [0, 0.05) is 24.7 Å². The lowest BCUT2D eigenvalue weighted by molar-refractivity contribution is -0.123. The second kappa shape index (κ2) is 7.39. The Balaban J connectivity index is 1.38. The summed E-state index contributed by atoms with van der Waals surface area (Å²) in [6.07, 6.45) is 8.52. The first-order chi connectivity index (χ1) is 12.6. The molecular weight excluding hydrogens is 326 g/mol. The minimum atomic E-state index is -0.199. The Kier molecular flexibility index (Phi) is 4.98. The summed E-state index contributed by atoms with van der Waals surface area (Å²) in [5, 5.41) is 0. The number of amides is 2. The van der Waals surface area contributed by atoms with Crippen LogP contribution in [0.15, 0.2) is 18.2 Å². The highest BCUT2D eigenvalue weighted by molar-refractivity contribution is 5.94. The minimum absolute atomic E-state index is 0.108. The first kappa shape index (κ1) is 17.5. The van der Waals surface area contributed by atoms with Crippen LogP contribution in [0.2, 0.25) is 0 Å². The third kappa shape index (κ3) is 3.37. The molecule has 140 valence electrons. The van der Waals surface area contributed by atoms with Gasteiger partial charge in [-0.15, -0.1) is 0 Å². The fourth-order valence-electron chi connectivity index (χ4n) is 4.98. The number of piperidine rings is 1. The number of aryl methyl sites for hydroxylation is 2. The van der Waals surface area contributed by atoms with E-state index in [0.717, 1.165) is 63.7 Å². The first-order valence-corrected chi connectivity index (χ1v) is 10.1. The van der Waals surface area contributed by atoms with E-state index in [1.807, 2.05) is 11.0 Å². The number of carbonyl (C=O) groups excluding carboxylic acids is 2. The van der Waals surface area contributed by atoms with Crippen LogP contribution in [0, 0.1) is 0 Å². The zero-order chi connectivity index (χ0) is 18.1. The molecule has 2 heterocycles. The molecule has 0 aromatic heterocycles. The lowest BCUT2D eigenvalue weighted by Crippen LogP contribution is -2.51. The van der Waals surface area contributed by atoms with Crippen molar-refractivity contribution in [3.8, 4) is 0 Å². The number of hydrogen-bond acceptors (Lipinski definition) is 3. The number of rotatable bonds is 3. The summed E-state index contributed by atoms with van der Waals surface area (Å²) >= 11 is 0. The molecule has 0 radical (unpaired) electrons. The maximum Gasteiger partial charge on any atom is 0.253 e. The third-order valence-corrected chi connectivity index (χ3v) is 6.44. The molecule has 1 aliphatic carbocycles. The molecule has 0 spiro atoms. The smallest absolute Gasteiger partial charge is 0.253 e. The van der Waals surface area contributed by atoms with Crippen molar-refractivity contribution in [1.82, 2.24) is 9.80 Å². The van der Waals surface area contributed by atoms with E-state index in [2.05, 4.69) is 17.0 Å². The summed E-state index contributed by atoms with van der Waals surface area (Å²) in [7, 11) is 0. The molecule has 1 aromatic rings. The number of carbonyl (C=O) groups is 2. The molecule has 1 atom stereocenters. The quantitative estimate of drug-likeness (QED) is 0.903. The molecule has 2 saturated heterocycles. The number of nitrogens with two attached hydrogens (primary N) is 1. The monoisotopic (exact) mass is 355 g/mol. The average molecular weight is 355 g/mol. The van der Waals surface area contributed by atoms with E-state index in [9.17, 15) is 9.59 Å². The Bertz CT molecular complexity index is 694. The zero-order valence-corrected chi connectivity index (χ0v) is 15.5. The van der Waals surface area contributed by atoms with Gasteiger partial charge in [0.15, 0.2) is 0 Å². The van der Waals surface area contributed by atoms with Gasteiger partial charge in [0.25, 0.3) is 5.91 Å². The molecule has 2 amide bonds. The van der Waals surface area contributed by atoms with Crippen molar-refractivity contribution in [3.63, 3.8) is 0 Å². The molecule has 1 unspecified atom stereocenters. The van der Waals surface area contributed by atoms with E-state index in [4.69, 9.17) is 5.73 Å². The largest absolute Gasteiger partial charge is 0.368 e. The van der Waals surface area contributed by atoms with Crippen LogP contribution >= 0.6 is 0 Å². The van der Waals surface area contributed by atoms with Crippen molar-refractivity contribution in [3.05, 3.63) is 34.9 Å². The van der Waals surface area contributed by atoms with E-state index in [1.54, 1.807) is 0 Å². The van der Waals surface area contributed by atoms with Crippen LogP contribution < -0.4 is 5.73 Å². The van der Waals surface area contributed by atoms with E-state index >= 15 is 0 Å². The van der Waals surface area contributed by atoms with E-state index < -0.39 is 0 Å². The van der Waals surface area contributed by atoms with Crippen LogP contribution in [-0.2, 0) is 17.6 Å². The van der Waals surface area contributed by atoms with Gasteiger partial charge in [-0.05, 0) is 81.2 Å². The van der Waals surface area contributed by atoms with Gasteiger partial charge in [0.05, 0.1) is 6.04 Å². The number of benzene rings is 1. The summed E-state index contributed by atoms with van der Waals surface area (Å²) in [5.41, 5.74) is 9.16. The number of likely N-dealkylation sites (tertiary alicyclic amines) is 2. The van der Waals surface area contributed by atoms with Gasteiger partial charge in [0.1, 0.15) is 0 Å². The SMILES string of the molecule is NC(=O)C1CCCN1C1CCN(C(=O)c2ccc3c(c2)CCCC3)CC1. The fourth-order valence-corrected chi connectivity index (χ4v) is 4.98. The van der Waals surface area contributed by atoms with Crippen LogP contribution in [-0.4, -0.2) is 53.3 Å². The Morgan fingerprint density at radius 3 is 2.38 bits per heavy atom. The summed E-state index contributed by atoms with van der Waals surface area (Å²) in [6.45, 7) is 2.49. The summed E-state index contributed by atoms with van der Waals surface area (Å²) < 4.78 is 0. The Labute approximate surface area is 155 Å². The molecule has 2 aliphatic heterocycles. The van der Waals surface area contributed by atoms with Crippen LogP contribution in [0.4, 0.5) is 0 Å². The first-order valence-electron chi connectivity index (χ1n) is 10.1. The predicted molar refractivity (Wildman–Crippen MR) is 101 cm³/mol. The topological polar surface area (TPSA) is 66.6 Å². The van der Waals surface area contributed by atoms with Crippen LogP contribution in [0.1, 0.15) is 60.0 Å². The second-order valence-electron chi connectivity index (χ2n) is 8.01. The molecule has 0 bridgehead atoms.